The molecule has 0 spiro atoms. The Kier molecular flexibility index (Phi) is 5.03. The Balaban J connectivity index is 1.74. The van der Waals surface area contributed by atoms with Crippen molar-refractivity contribution in [3.05, 3.63) is 93.3 Å². The van der Waals surface area contributed by atoms with Crippen molar-refractivity contribution >= 4 is 11.8 Å². The van der Waals surface area contributed by atoms with Crippen LogP contribution in [0, 0.1) is 0 Å². The maximum absolute atomic E-state index is 13.1. The average Bonchev–Trinajstić information content (AvgIpc) is 3.29. The molecule has 0 fully saturated rings. The highest BCUT2D eigenvalue weighted by Crippen LogP contribution is 2.23. The molecule has 0 unspecified atom stereocenters. The average molecular weight is 391 g/mol. The molecular formula is C22H21N3O4. The van der Waals surface area contributed by atoms with Gasteiger partial charge in [0, 0.05) is 26.3 Å². The van der Waals surface area contributed by atoms with E-state index in [9.17, 15) is 14.4 Å². The fourth-order valence-corrected chi connectivity index (χ4v) is 3.71. The normalized spacial score (nSPS) is 13.1. The Labute approximate surface area is 167 Å². The van der Waals surface area contributed by atoms with Crippen molar-refractivity contribution in [1.29, 1.82) is 0 Å². The van der Waals surface area contributed by atoms with E-state index in [0.717, 1.165) is 16.7 Å². The minimum atomic E-state index is -0.400. The van der Waals surface area contributed by atoms with Crippen molar-refractivity contribution in [3.63, 3.8) is 0 Å². The van der Waals surface area contributed by atoms with Crippen molar-refractivity contribution in [2.75, 3.05) is 13.6 Å². The number of fused-ring (bicyclic) bond motifs is 1. The van der Waals surface area contributed by atoms with Crippen LogP contribution in [0.4, 0.5) is 0 Å². The molecule has 29 heavy (non-hydrogen) atoms. The van der Waals surface area contributed by atoms with Crippen LogP contribution in [-0.2, 0) is 19.5 Å². The van der Waals surface area contributed by atoms with Gasteiger partial charge in [-0.3, -0.25) is 14.4 Å². The van der Waals surface area contributed by atoms with E-state index in [1.807, 2.05) is 30.3 Å². The number of carbonyl (C=O) groups excluding carboxylic acids is 2. The van der Waals surface area contributed by atoms with Gasteiger partial charge in [0.2, 0.25) is 0 Å². The summed E-state index contributed by atoms with van der Waals surface area (Å²) in [7, 11) is 1.51. The number of pyridine rings is 1. The fourth-order valence-electron chi connectivity index (χ4n) is 3.71. The lowest BCUT2D eigenvalue weighted by Gasteiger charge is -2.30. The number of benzene rings is 1. The second-order valence-electron chi connectivity index (χ2n) is 6.99. The van der Waals surface area contributed by atoms with Crippen LogP contribution in [0.25, 0.3) is 0 Å². The van der Waals surface area contributed by atoms with Crippen LogP contribution in [0.2, 0.25) is 0 Å². The molecule has 1 N–H and O–H groups in total. The number of hydrogen-bond donors (Lipinski definition) is 1. The molecule has 7 heteroatoms. The van der Waals surface area contributed by atoms with Crippen LogP contribution in [0.3, 0.4) is 0 Å². The van der Waals surface area contributed by atoms with Crippen LogP contribution >= 0.6 is 0 Å². The third-order valence-corrected chi connectivity index (χ3v) is 5.17. The molecule has 0 bridgehead atoms. The zero-order valence-electron chi connectivity index (χ0n) is 16.1. The van der Waals surface area contributed by atoms with Crippen molar-refractivity contribution in [1.82, 2.24) is 14.8 Å². The zero-order valence-corrected chi connectivity index (χ0v) is 16.1. The van der Waals surface area contributed by atoms with Crippen molar-refractivity contribution < 1.29 is 14.0 Å². The van der Waals surface area contributed by atoms with Crippen LogP contribution in [-0.4, -0.2) is 34.9 Å². The topological polar surface area (TPSA) is 84.5 Å². The molecule has 7 nitrogen and oxygen atoms in total. The third kappa shape index (κ3) is 3.59. The summed E-state index contributed by atoms with van der Waals surface area (Å²) in [5.41, 5.74) is 2.81. The summed E-state index contributed by atoms with van der Waals surface area (Å²) in [6.45, 7) is 1.12. The van der Waals surface area contributed by atoms with E-state index in [1.54, 1.807) is 21.7 Å². The summed E-state index contributed by atoms with van der Waals surface area (Å²) in [6.07, 6.45) is 5.10. The SMILES string of the molecule is CNC(=O)c1c2c(cn(Cc3ccccc3)c1=O)CN(C(=O)c1ccoc1)CC2. The first kappa shape index (κ1) is 18.7. The van der Waals surface area contributed by atoms with Gasteiger partial charge < -0.3 is 19.2 Å². The number of nitrogens with one attached hydrogen (secondary N) is 1. The Bertz CT molecular complexity index is 1100. The first-order valence-electron chi connectivity index (χ1n) is 9.41. The van der Waals surface area contributed by atoms with E-state index >= 15 is 0 Å². The molecule has 0 saturated heterocycles. The second kappa shape index (κ2) is 7.79. The highest BCUT2D eigenvalue weighted by Gasteiger charge is 2.28. The Morgan fingerprint density at radius 3 is 2.66 bits per heavy atom. The smallest absolute Gasteiger partial charge is 0.264 e. The van der Waals surface area contributed by atoms with Gasteiger partial charge in [0.25, 0.3) is 17.4 Å². The minimum absolute atomic E-state index is 0.133. The van der Waals surface area contributed by atoms with E-state index in [-0.39, 0.29) is 17.0 Å². The van der Waals surface area contributed by atoms with Gasteiger partial charge in [-0.2, -0.15) is 0 Å². The van der Waals surface area contributed by atoms with E-state index in [4.69, 9.17) is 4.42 Å². The predicted octanol–water partition coefficient (Wildman–Crippen LogP) is 2.05. The van der Waals surface area contributed by atoms with Gasteiger partial charge in [-0.25, -0.2) is 0 Å². The van der Waals surface area contributed by atoms with Crippen LogP contribution in [0.15, 0.2) is 64.3 Å². The number of furan rings is 1. The number of aromatic nitrogens is 1. The molecule has 3 heterocycles. The zero-order chi connectivity index (χ0) is 20.4. The van der Waals surface area contributed by atoms with Crippen molar-refractivity contribution in [3.8, 4) is 0 Å². The number of carbonyl (C=O) groups is 2. The molecule has 0 aliphatic carbocycles. The Morgan fingerprint density at radius 2 is 1.97 bits per heavy atom. The first-order chi connectivity index (χ1) is 14.1. The summed E-state index contributed by atoms with van der Waals surface area (Å²) in [6, 6.07) is 11.2. The van der Waals surface area contributed by atoms with Gasteiger partial charge in [0.15, 0.2) is 0 Å². The molecule has 1 aliphatic rings. The van der Waals surface area contributed by atoms with E-state index in [2.05, 4.69) is 5.32 Å². The molecule has 148 valence electrons. The van der Waals surface area contributed by atoms with Gasteiger partial charge in [0.05, 0.1) is 18.4 Å². The van der Waals surface area contributed by atoms with Crippen molar-refractivity contribution in [2.24, 2.45) is 0 Å². The number of amides is 2. The second-order valence-corrected chi connectivity index (χ2v) is 6.99. The summed E-state index contributed by atoms with van der Waals surface area (Å²) in [5.74, 6) is -0.532. The molecule has 2 aromatic heterocycles. The molecule has 1 aliphatic heterocycles. The van der Waals surface area contributed by atoms with Gasteiger partial charge in [0.1, 0.15) is 11.8 Å². The lowest BCUT2D eigenvalue weighted by molar-refractivity contribution is 0.0733. The van der Waals surface area contributed by atoms with E-state index in [1.165, 1.54) is 19.6 Å². The Hall–Kier alpha value is -3.61. The molecule has 0 saturated carbocycles. The monoisotopic (exact) mass is 391 g/mol. The maximum Gasteiger partial charge on any atom is 0.264 e. The number of hydrogen-bond acceptors (Lipinski definition) is 4. The predicted molar refractivity (Wildman–Crippen MR) is 107 cm³/mol. The largest absolute Gasteiger partial charge is 0.472 e. The molecule has 4 rings (SSSR count). The van der Waals surface area contributed by atoms with Gasteiger partial charge in [-0.1, -0.05) is 30.3 Å². The molecule has 0 radical (unpaired) electrons. The van der Waals surface area contributed by atoms with Crippen LogP contribution < -0.4 is 10.9 Å². The minimum Gasteiger partial charge on any atom is -0.472 e. The number of rotatable bonds is 4. The van der Waals surface area contributed by atoms with Crippen LogP contribution in [0.1, 0.15) is 37.4 Å². The molecule has 2 amide bonds. The summed E-state index contributed by atoms with van der Waals surface area (Å²) >= 11 is 0. The maximum atomic E-state index is 13.1. The molecule has 0 atom stereocenters. The van der Waals surface area contributed by atoms with Gasteiger partial charge in [-0.15, -0.1) is 0 Å². The van der Waals surface area contributed by atoms with Gasteiger partial charge >= 0.3 is 0 Å². The molecular weight excluding hydrogens is 370 g/mol. The lowest BCUT2D eigenvalue weighted by atomic mass is 9.95. The summed E-state index contributed by atoms with van der Waals surface area (Å²) in [5, 5.41) is 2.57. The quantitative estimate of drug-likeness (QED) is 0.738. The molecule has 3 aromatic rings. The van der Waals surface area contributed by atoms with Crippen LogP contribution in [0.5, 0.6) is 0 Å². The summed E-state index contributed by atoms with van der Waals surface area (Å²) in [4.78, 5) is 40.0. The highest BCUT2D eigenvalue weighted by molar-refractivity contribution is 5.96. The Morgan fingerprint density at radius 1 is 1.17 bits per heavy atom. The standard InChI is InChI=1S/C22H21N3O4/c1-23-20(26)19-18-7-9-24(21(27)16-8-10-29-14-16)12-17(18)13-25(22(19)28)11-15-5-3-2-4-6-15/h2-6,8,10,13-14H,7,9,11-12H2,1H3,(H,23,26). The van der Waals surface area contributed by atoms with Crippen molar-refractivity contribution in [2.45, 2.75) is 19.5 Å². The number of nitrogens with zero attached hydrogens (tertiary/aromatic N) is 2. The van der Waals surface area contributed by atoms with E-state index in [0.29, 0.717) is 31.6 Å². The van der Waals surface area contributed by atoms with Gasteiger partial charge in [-0.05, 0) is 29.2 Å². The highest BCUT2D eigenvalue weighted by atomic mass is 16.3. The lowest BCUT2D eigenvalue weighted by Crippen LogP contribution is -2.41. The third-order valence-electron chi connectivity index (χ3n) is 5.17. The van der Waals surface area contributed by atoms with E-state index < -0.39 is 5.91 Å². The summed E-state index contributed by atoms with van der Waals surface area (Å²) < 4.78 is 6.56. The first-order valence-corrected chi connectivity index (χ1v) is 9.41. The molecule has 1 aromatic carbocycles. The fraction of sp³-hybridized carbons (Fsp3) is 0.227.